The summed E-state index contributed by atoms with van der Waals surface area (Å²) in [6.45, 7) is 1.87. The maximum absolute atomic E-state index is 13.4. The Labute approximate surface area is 191 Å². The number of anilines is 1. The summed E-state index contributed by atoms with van der Waals surface area (Å²) >= 11 is 3.43. The Morgan fingerprint density at radius 1 is 0.844 bits per heavy atom. The minimum atomic E-state index is -0.577. The molecule has 0 saturated carbocycles. The lowest BCUT2D eigenvalue weighted by atomic mass is 9.86. The molecular weight excluding hydrogens is 472 g/mol. The van der Waals surface area contributed by atoms with Gasteiger partial charge in [-0.05, 0) is 53.8 Å². The van der Waals surface area contributed by atoms with Crippen molar-refractivity contribution in [3.63, 3.8) is 0 Å². The van der Waals surface area contributed by atoms with Crippen LogP contribution in [0.5, 0.6) is 0 Å². The molecule has 1 aliphatic heterocycles. The minimum absolute atomic E-state index is 0.143. The predicted octanol–water partition coefficient (Wildman–Crippen LogP) is 6.29. The number of halogens is 1. The summed E-state index contributed by atoms with van der Waals surface area (Å²) in [5.74, 6) is -1.03. The second kappa shape index (κ2) is 7.39. The van der Waals surface area contributed by atoms with Crippen LogP contribution in [0.2, 0.25) is 0 Å². The molecule has 4 aromatic rings. The number of benzene rings is 4. The van der Waals surface area contributed by atoms with Crippen molar-refractivity contribution in [2.75, 3.05) is 4.90 Å². The summed E-state index contributed by atoms with van der Waals surface area (Å²) in [6, 6.07) is 20.4. The van der Waals surface area contributed by atoms with Gasteiger partial charge in [0.1, 0.15) is 0 Å². The second-order valence-electron chi connectivity index (χ2n) is 7.54. The van der Waals surface area contributed by atoms with Crippen LogP contribution in [0.3, 0.4) is 0 Å². The molecule has 0 aromatic heterocycles. The van der Waals surface area contributed by atoms with Crippen LogP contribution in [-0.4, -0.2) is 16.7 Å². The number of para-hydroxylation sites is 1. The zero-order valence-corrected chi connectivity index (χ0v) is 18.4. The lowest BCUT2D eigenvalue weighted by Crippen LogP contribution is -2.40. The van der Waals surface area contributed by atoms with E-state index in [1.807, 2.05) is 19.1 Å². The Hall–Kier alpha value is -3.84. The van der Waals surface area contributed by atoms with Crippen molar-refractivity contribution in [3.05, 3.63) is 104 Å². The molecule has 0 bridgehead atoms. The van der Waals surface area contributed by atoms with E-state index in [1.165, 1.54) is 6.07 Å². The van der Waals surface area contributed by atoms with Crippen molar-refractivity contribution < 1.29 is 14.5 Å². The van der Waals surface area contributed by atoms with Crippen LogP contribution in [0.25, 0.3) is 21.9 Å². The highest BCUT2D eigenvalue weighted by molar-refractivity contribution is 9.10. The van der Waals surface area contributed by atoms with Crippen molar-refractivity contribution >= 4 is 49.9 Å². The van der Waals surface area contributed by atoms with Crippen LogP contribution < -0.4 is 4.90 Å². The zero-order chi connectivity index (χ0) is 22.6. The van der Waals surface area contributed by atoms with Gasteiger partial charge in [0.2, 0.25) is 0 Å². The molecule has 0 saturated heterocycles. The van der Waals surface area contributed by atoms with Gasteiger partial charge < -0.3 is 0 Å². The lowest BCUT2D eigenvalue weighted by Gasteiger charge is -2.28. The number of carbonyl (C=O) groups excluding carboxylic acids is 2. The molecule has 0 N–H and O–H groups in total. The second-order valence-corrected chi connectivity index (χ2v) is 8.46. The Morgan fingerprint density at radius 3 is 2.25 bits per heavy atom. The zero-order valence-electron chi connectivity index (χ0n) is 16.8. The van der Waals surface area contributed by atoms with Gasteiger partial charge in [-0.3, -0.25) is 19.7 Å². The molecule has 0 unspecified atom stereocenters. The van der Waals surface area contributed by atoms with E-state index in [0.717, 1.165) is 14.9 Å². The average molecular weight is 487 g/mol. The minimum Gasteiger partial charge on any atom is -0.268 e. The maximum Gasteiger partial charge on any atom is 0.278 e. The van der Waals surface area contributed by atoms with E-state index in [4.69, 9.17) is 0 Å². The van der Waals surface area contributed by atoms with E-state index in [1.54, 1.807) is 54.6 Å². The lowest BCUT2D eigenvalue weighted by molar-refractivity contribution is -0.384. The van der Waals surface area contributed by atoms with Gasteiger partial charge in [-0.1, -0.05) is 52.3 Å². The van der Waals surface area contributed by atoms with E-state index in [2.05, 4.69) is 15.9 Å². The Bertz CT molecular complexity index is 1460. The average Bonchev–Trinajstić information content (AvgIpc) is 2.78. The van der Waals surface area contributed by atoms with Gasteiger partial charge in [-0.2, -0.15) is 0 Å². The Morgan fingerprint density at radius 2 is 1.56 bits per heavy atom. The molecule has 5 rings (SSSR count). The molecule has 0 atom stereocenters. The highest BCUT2D eigenvalue weighted by atomic mass is 79.9. The summed E-state index contributed by atoms with van der Waals surface area (Å²) in [5.41, 5.74) is 2.63. The van der Waals surface area contributed by atoms with Gasteiger partial charge in [0.05, 0.1) is 21.7 Å². The first kappa shape index (κ1) is 20.1. The largest absolute Gasteiger partial charge is 0.278 e. The summed E-state index contributed by atoms with van der Waals surface area (Å²) in [6.07, 6.45) is 0. The van der Waals surface area contributed by atoms with Gasteiger partial charge in [-0.15, -0.1) is 0 Å². The van der Waals surface area contributed by atoms with Crippen LogP contribution >= 0.6 is 15.9 Å². The van der Waals surface area contributed by atoms with E-state index < -0.39 is 16.7 Å². The number of carbonyl (C=O) groups is 2. The molecule has 6 nitrogen and oxygen atoms in total. The summed E-state index contributed by atoms with van der Waals surface area (Å²) in [7, 11) is 0. The van der Waals surface area contributed by atoms with Crippen molar-refractivity contribution in [2.45, 2.75) is 6.92 Å². The van der Waals surface area contributed by atoms with Crippen LogP contribution in [0.1, 0.15) is 26.3 Å². The Balaban J connectivity index is 1.87. The number of nitro groups is 1. The van der Waals surface area contributed by atoms with Gasteiger partial charge in [-0.25, -0.2) is 4.90 Å². The number of hydrogen-bond acceptors (Lipinski definition) is 4. The number of aryl methyl sites for hydroxylation is 1. The summed E-state index contributed by atoms with van der Waals surface area (Å²) in [4.78, 5) is 39.5. The monoisotopic (exact) mass is 486 g/mol. The molecule has 0 spiro atoms. The fourth-order valence-corrected chi connectivity index (χ4v) is 4.77. The van der Waals surface area contributed by atoms with Crippen molar-refractivity contribution in [1.82, 2.24) is 0 Å². The van der Waals surface area contributed by atoms with E-state index in [0.29, 0.717) is 33.2 Å². The van der Waals surface area contributed by atoms with Crippen molar-refractivity contribution in [3.8, 4) is 11.1 Å². The van der Waals surface area contributed by atoms with Crippen LogP contribution in [0, 0.1) is 17.0 Å². The van der Waals surface area contributed by atoms with Crippen molar-refractivity contribution in [2.24, 2.45) is 0 Å². The third-order valence-electron chi connectivity index (χ3n) is 5.68. The smallest absolute Gasteiger partial charge is 0.268 e. The molecule has 2 amide bonds. The van der Waals surface area contributed by atoms with Gasteiger partial charge in [0.15, 0.2) is 0 Å². The standard InChI is InChI=1S/C25H15BrN2O4/c1-14-12-15(26)10-11-17(14)23-18-8-5-9-19-22(18)20(13-21(23)28(31)32)25(30)27(24(19)29)16-6-3-2-4-7-16/h2-13H,1H3. The van der Waals surface area contributed by atoms with E-state index >= 15 is 0 Å². The Kier molecular flexibility index (Phi) is 4.64. The van der Waals surface area contributed by atoms with Crippen LogP contribution in [0.15, 0.2) is 77.3 Å². The first-order valence-electron chi connectivity index (χ1n) is 9.83. The van der Waals surface area contributed by atoms with Gasteiger partial charge >= 0.3 is 0 Å². The number of nitro benzene ring substituents is 1. The summed E-state index contributed by atoms with van der Waals surface area (Å²) < 4.78 is 0.855. The van der Waals surface area contributed by atoms with Crippen molar-refractivity contribution in [1.29, 1.82) is 0 Å². The predicted molar refractivity (Wildman–Crippen MR) is 126 cm³/mol. The normalized spacial score (nSPS) is 13.0. The number of nitrogens with zero attached hydrogens (tertiary/aromatic N) is 2. The number of imide groups is 1. The quantitative estimate of drug-likeness (QED) is 0.193. The SMILES string of the molecule is Cc1cc(Br)ccc1-c1c([N+](=O)[O-])cc2c3c(cccc13)C(=O)N(c1ccccc1)C2=O. The number of amides is 2. The molecule has 1 aliphatic rings. The molecule has 0 fully saturated rings. The molecule has 0 radical (unpaired) electrons. The third kappa shape index (κ3) is 2.93. The van der Waals surface area contributed by atoms with Crippen LogP contribution in [-0.2, 0) is 0 Å². The first-order valence-corrected chi connectivity index (χ1v) is 10.6. The topological polar surface area (TPSA) is 80.5 Å². The fraction of sp³-hybridized carbons (Fsp3) is 0.0400. The highest BCUT2D eigenvalue weighted by Crippen LogP contribution is 2.44. The maximum atomic E-state index is 13.4. The first-order chi connectivity index (χ1) is 15.4. The van der Waals surface area contributed by atoms with E-state index in [-0.39, 0.29) is 11.3 Å². The molecule has 1 heterocycles. The molecule has 0 aliphatic carbocycles. The summed E-state index contributed by atoms with van der Waals surface area (Å²) in [5, 5.41) is 13.1. The molecular formula is C25H15BrN2O4. The van der Waals surface area contributed by atoms with Gasteiger partial charge in [0, 0.05) is 21.5 Å². The van der Waals surface area contributed by atoms with Gasteiger partial charge in [0.25, 0.3) is 17.5 Å². The third-order valence-corrected chi connectivity index (χ3v) is 6.17. The fourth-order valence-electron chi connectivity index (χ4n) is 4.30. The molecule has 4 aromatic carbocycles. The van der Waals surface area contributed by atoms with Crippen LogP contribution in [0.4, 0.5) is 11.4 Å². The molecule has 32 heavy (non-hydrogen) atoms. The molecule has 7 heteroatoms. The number of rotatable bonds is 3. The van der Waals surface area contributed by atoms with E-state index in [9.17, 15) is 19.7 Å². The highest BCUT2D eigenvalue weighted by Gasteiger charge is 2.37. The number of hydrogen-bond donors (Lipinski definition) is 0. The molecule has 156 valence electrons.